The monoisotopic (exact) mass is 509 g/mol. The average molecular weight is 509 g/mol. The van der Waals surface area contributed by atoms with Gasteiger partial charge in [0.05, 0.1) is 12.0 Å². The highest BCUT2D eigenvalue weighted by Gasteiger charge is 2.30. The Morgan fingerprint density at radius 1 is 1.09 bits per heavy atom. The van der Waals surface area contributed by atoms with E-state index in [1.165, 1.54) is 12.1 Å². The summed E-state index contributed by atoms with van der Waals surface area (Å²) in [6.07, 6.45) is -6.17. The maximum absolute atomic E-state index is 12.7. The molecule has 14 heteroatoms. The maximum atomic E-state index is 12.7. The second-order valence-electron chi connectivity index (χ2n) is 7.07. The minimum Gasteiger partial charge on any atom is -0.481 e. The van der Waals surface area contributed by atoms with Crippen LogP contribution in [0.15, 0.2) is 64.6 Å². The number of carboxylic acids is 1. The Labute approximate surface area is 200 Å². The lowest BCUT2D eigenvalue weighted by Gasteiger charge is -2.16. The van der Waals surface area contributed by atoms with E-state index in [1.807, 2.05) is 0 Å². The minimum atomic E-state index is -4.48. The molecule has 1 amide bonds. The summed E-state index contributed by atoms with van der Waals surface area (Å²) in [5, 5.41) is 22.3. The Bertz CT molecular complexity index is 1170. The third kappa shape index (κ3) is 7.81. The van der Waals surface area contributed by atoms with Gasteiger partial charge in [0.15, 0.2) is 5.78 Å². The number of carbonyl (C=O) groups is 3. The van der Waals surface area contributed by atoms with Crippen molar-refractivity contribution in [2.24, 2.45) is 0 Å². The van der Waals surface area contributed by atoms with Crippen molar-refractivity contribution >= 4 is 29.6 Å². The van der Waals surface area contributed by atoms with Crippen molar-refractivity contribution < 1.29 is 37.4 Å². The molecular formula is C21H18F3N5O5S. The van der Waals surface area contributed by atoms with E-state index in [9.17, 15) is 27.6 Å². The van der Waals surface area contributed by atoms with E-state index in [1.54, 1.807) is 30.3 Å². The Hall–Kier alpha value is -3.94. The second kappa shape index (κ2) is 11.5. The largest absolute Gasteiger partial charge is 0.481 e. The lowest BCUT2D eigenvalue weighted by atomic mass is 10.1. The quantitative estimate of drug-likeness (QED) is 0.422. The number of benzene rings is 2. The number of alkyl carbamates (subject to hydrolysis) is 1. The van der Waals surface area contributed by atoms with Crippen LogP contribution in [0.5, 0.6) is 0 Å². The lowest BCUT2D eigenvalue weighted by Crippen LogP contribution is -2.44. The van der Waals surface area contributed by atoms with Crippen LogP contribution < -0.4 is 5.32 Å². The van der Waals surface area contributed by atoms with Gasteiger partial charge >= 0.3 is 18.2 Å². The van der Waals surface area contributed by atoms with Crippen molar-refractivity contribution in [2.45, 2.75) is 41.8 Å². The summed E-state index contributed by atoms with van der Waals surface area (Å²) in [6.45, 7) is -0.575. The van der Waals surface area contributed by atoms with E-state index in [4.69, 9.17) is 9.84 Å². The Morgan fingerprint density at radius 2 is 1.77 bits per heavy atom. The van der Waals surface area contributed by atoms with E-state index in [2.05, 4.69) is 20.8 Å². The number of ether oxygens (including phenoxy) is 1. The fourth-order valence-electron chi connectivity index (χ4n) is 2.77. The molecule has 0 aliphatic rings. The number of hydrogen-bond donors (Lipinski definition) is 2. The van der Waals surface area contributed by atoms with Crippen LogP contribution in [0.4, 0.5) is 18.0 Å². The highest BCUT2D eigenvalue weighted by Crippen LogP contribution is 2.32. The van der Waals surface area contributed by atoms with Crippen molar-refractivity contribution in [3.63, 3.8) is 0 Å². The summed E-state index contributed by atoms with van der Waals surface area (Å²) in [5.74, 6) is -2.05. The third-order valence-electron chi connectivity index (χ3n) is 4.47. The van der Waals surface area contributed by atoms with E-state index in [-0.39, 0.29) is 11.8 Å². The van der Waals surface area contributed by atoms with Gasteiger partial charge in [-0.25, -0.2) is 9.48 Å². The molecule has 2 aromatic carbocycles. The number of aliphatic carboxylic acids is 1. The number of aromatic nitrogens is 4. The van der Waals surface area contributed by atoms with Crippen LogP contribution in [0.1, 0.15) is 17.5 Å². The van der Waals surface area contributed by atoms with Gasteiger partial charge in [0.1, 0.15) is 19.2 Å². The highest BCUT2D eigenvalue weighted by atomic mass is 32.2. The fourth-order valence-corrected chi connectivity index (χ4v) is 3.54. The molecule has 0 aliphatic heterocycles. The zero-order valence-electron chi connectivity index (χ0n) is 17.8. The van der Waals surface area contributed by atoms with E-state index < -0.39 is 48.6 Å². The van der Waals surface area contributed by atoms with E-state index in [0.29, 0.717) is 10.5 Å². The van der Waals surface area contributed by atoms with Crippen LogP contribution in [0, 0.1) is 0 Å². The molecule has 3 aromatic rings. The number of halogens is 3. The first-order chi connectivity index (χ1) is 16.6. The highest BCUT2D eigenvalue weighted by molar-refractivity contribution is 7.99. The minimum absolute atomic E-state index is 0.0818. The number of ketones is 1. The van der Waals surface area contributed by atoms with E-state index >= 15 is 0 Å². The zero-order valence-corrected chi connectivity index (χ0v) is 18.6. The molecule has 0 radical (unpaired) electrons. The average Bonchev–Trinajstić information content (AvgIpc) is 3.23. The Kier molecular flexibility index (Phi) is 8.41. The molecule has 0 spiro atoms. The molecule has 35 heavy (non-hydrogen) atoms. The summed E-state index contributed by atoms with van der Waals surface area (Å²) in [5.41, 5.74) is -0.124. The molecule has 10 nitrogen and oxygen atoms in total. The van der Waals surface area contributed by atoms with E-state index in [0.717, 1.165) is 28.6 Å². The molecule has 184 valence electrons. The van der Waals surface area contributed by atoms with Gasteiger partial charge in [-0.15, -0.1) is 5.10 Å². The van der Waals surface area contributed by atoms with Crippen LogP contribution >= 0.6 is 11.8 Å². The van der Waals surface area contributed by atoms with Gasteiger partial charge in [-0.05, 0) is 52.0 Å². The number of nitrogens with zero attached hydrogens (tertiary/aromatic N) is 4. The van der Waals surface area contributed by atoms with Gasteiger partial charge in [0, 0.05) is 4.90 Å². The first-order valence-electron chi connectivity index (χ1n) is 9.95. The first kappa shape index (κ1) is 25.7. The molecule has 0 fully saturated rings. The molecule has 2 N–H and O–H groups in total. The number of nitrogens with one attached hydrogen (secondary N) is 1. The summed E-state index contributed by atoms with van der Waals surface area (Å²) in [4.78, 5) is 36.4. The van der Waals surface area contributed by atoms with Crippen LogP contribution in [-0.2, 0) is 33.7 Å². The molecule has 1 atom stereocenters. The first-order valence-corrected chi connectivity index (χ1v) is 10.8. The number of tetrazole rings is 1. The van der Waals surface area contributed by atoms with Gasteiger partial charge in [0.25, 0.3) is 0 Å². The van der Waals surface area contributed by atoms with Crippen molar-refractivity contribution in [2.75, 3.05) is 0 Å². The maximum Gasteiger partial charge on any atom is 0.416 e. The number of Topliss-reactive ketones (excluding diaryl/α,β-unsaturated/α-hetero) is 1. The SMILES string of the molecule is O=C(O)CC(NC(=O)OCc1ccccc1)C(=O)Cn1nnnc1Sc1ccc(C(F)(F)F)cc1. The summed E-state index contributed by atoms with van der Waals surface area (Å²) >= 11 is 0.906. The number of alkyl halides is 3. The topological polar surface area (TPSA) is 136 Å². The number of hydrogen-bond acceptors (Lipinski definition) is 8. The van der Waals surface area contributed by atoms with Crippen molar-refractivity contribution in [1.82, 2.24) is 25.5 Å². The number of carboxylic acid groups (broad SMARTS) is 1. The number of amides is 1. The van der Waals surface area contributed by atoms with Gasteiger partial charge in [-0.2, -0.15) is 13.2 Å². The van der Waals surface area contributed by atoms with Gasteiger partial charge in [0.2, 0.25) is 5.16 Å². The normalized spacial score (nSPS) is 12.1. The number of rotatable bonds is 10. The van der Waals surface area contributed by atoms with Crippen molar-refractivity contribution in [3.05, 3.63) is 65.7 Å². The lowest BCUT2D eigenvalue weighted by molar-refractivity contribution is -0.139. The van der Waals surface area contributed by atoms with Crippen molar-refractivity contribution in [3.8, 4) is 0 Å². The molecular weight excluding hydrogens is 491 g/mol. The second-order valence-corrected chi connectivity index (χ2v) is 8.11. The molecule has 0 saturated carbocycles. The predicted octanol–water partition coefficient (Wildman–Crippen LogP) is 3.18. The Morgan fingerprint density at radius 3 is 2.40 bits per heavy atom. The molecule has 1 unspecified atom stereocenters. The van der Waals surface area contributed by atoms with Gasteiger partial charge in [-0.3, -0.25) is 9.59 Å². The van der Waals surface area contributed by atoms with Gasteiger partial charge in [-0.1, -0.05) is 30.3 Å². The van der Waals surface area contributed by atoms with Crippen LogP contribution in [0.2, 0.25) is 0 Å². The third-order valence-corrected chi connectivity index (χ3v) is 5.45. The van der Waals surface area contributed by atoms with Crippen LogP contribution in [-0.4, -0.2) is 49.2 Å². The fraction of sp³-hybridized carbons (Fsp3) is 0.238. The molecule has 0 aliphatic carbocycles. The number of carbonyl (C=O) groups excluding carboxylic acids is 2. The standard InChI is InChI=1S/C21H18F3N5O5S/c22-21(23,24)14-6-8-15(9-7-14)35-19-26-27-28-29(19)11-17(30)16(10-18(31)32)25-20(33)34-12-13-4-2-1-3-5-13/h1-9,16H,10-12H2,(H,25,33)(H,31,32). The molecule has 1 aromatic heterocycles. The molecule has 0 saturated heterocycles. The van der Waals surface area contributed by atoms with Crippen molar-refractivity contribution in [1.29, 1.82) is 0 Å². The molecule has 3 rings (SSSR count). The van der Waals surface area contributed by atoms with Crippen LogP contribution in [0.25, 0.3) is 0 Å². The van der Waals surface area contributed by atoms with Crippen LogP contribution in [0.3, 0.4) is 0 Å². The smallest absolute Gasteiger partial charge is 0.416 e. The summed E-state index contributed by atoms with van der Waals surface area (Å²) in [7, 11) is 0. The zero-order chi connectivity index (χ0) is 25.4. The molecule has 0 bridgehead atoms. The van der Waals surface area contributed by atoms with Gasteiger partial charge < -0.3 is 15.2 Å². The molecule has 1 heterocycles. The predicted molar refractivity (Wildman–Crippen MR) is 114 cm³/mol. The summed E-state index contributed by atoms with van der Waals surface area (Å²) in [6, 6.07) is 11.6. The summed E-state index contributed by atoms with van der Waals surface area (Å²) < 4.78 is 44.3. The Balaban J connectivity index is 1.63.